The predicted molar refractivity (Wildman–Crippen MR) is 60.3 cm³/mol. The highest BCUT2D eigenvalue weighted by Crippen LogP contribution is 2.25. The van der Waals surface area contributed by atoms with E-state index in [1.807, 2.05) is 0 Å². The van der Waals surface area contributed by atoms with E-state index in [-0.39, 0.29) is 5.56 Å². The molecule has 8 heteroatoms. The van der Waals surface area contributed by atoms with Crippen LogP contribution in [-0.2, 0) is 14.3 Å². The van der Waals surface area contributed by atoms with Crippen molar-refractivity contribution in [3.05, 3.63) is 35.9 Å². The number of carbonyl (C=O) groups is 2. The zero-order chi connectivity index (χ0) is 15.3. The number of hydrogen-bond acceptors (Lipinski definition) is 3. The van der Waals surface area contributed by atoms with E-state index in [1.54, 1.807) is 11.4 Å². The van der Waals surface area contributed by atoms with Crippen molar-refractivity contribution in [1.82, 2.24) is 5.32 Å². The van der Waals surface area contributed by atoms with Crippen molar-refractivity contribution in [3.8, 4) is 0 Å². The molecule has 1 aromatic rings. The number of esters is 1. The van der Waals surface area contributed by atoms with Crippen LogP contribution in [0.5, 0.6) is 0 Å². The smallest absolute Gasteiger partial charge is 0.383 e. The minimum absolute atomic E-state index is 0.137. The van der Waals surface area contributed by atoms with E-state index in [9.17, 15) is 27.2 Å². The average Bonchev–Trinajstić information content (AvgIpc) is 2.44. The lowest BCUT2D eigenvalue weighted by Gasteiger charge is -2.20. The Morgan fingerprint density at radius 1 is 1.20 bits per heavy atom. The maximum absolute atomic E-state index is 12.9. The molecular formula is C12H11F4NO3. The molecule has 1 aromatic carbocycles. The zero-order valence-corrected chi connectivity index (χ0v) is 10.3. The fraction of sp³-hybridized carbons (Fsp3) is 0.333. The van der Waals surface area contributed by atoms with Gasteiger partial charge in [-0.2, -0.15) is 8.78 Å². The minimum Gasteiger partial charge on any atom is -0.467 e. The summed E-state index contributed by atoms with van der Waals surface area (Å²) < 4.78 is 54.2. The third kappa shape index (κ3) is 3.46. The van der Waals surface area contributed by atoms with E-state index < -0.39 is 30.3 Å². The highest BCUT2D eigenvalue weighted by molar-refractivity contribution is 5.89. The maximum Gasteiger partial charge on any atom is 0.383 e. The Hall–Kier alpha value is -2.12. The van der Waals surface area contributed by atoms with Gasteiger partial charge in [0.2, 0.25) is 0 Å². The molecule has 0 heterocycles. The first-order valence-corrected chi connectivity index (χ1v) is 5.40. The Morgan fingerprint density at radius 2 is 1.75 bits per heavy atom. The van der Waals surface area contributed by atoms with Gasteiger partial charge in [0.15, 0.2) is 6.04 Å². The normalized spacial score (nSPS) is 12.9. The van der Waals surface area contributed by atoms with Crippen LogP contribution in [0.15, 0.2) is 30.3 Å². The number of benzene rings is 1. The molecule has 0 spiro atoms. The summed E-state index contributed by atoms with van der Waals surface area (Å²) in [5.74, 6) is -8.18. The quantitative estimate of drug-likeness (QED) is 0.666. The lowest BCUT2D eigenvalue weighted by molar-refractivity contribution is -0.172. The van der Waals surface area contributed by atoms with E-state index in [0.717, 1.165) is 7.11 Å². The summed E-state index contributed by atoms with van der Waals surface area (Å²) in [6, 6.07) is 5.71. The van der Waals surface area contributed by atoms with Gasteiger partial charge in [-0.1, -0.05) is 30.3 Å². The molecule has 0 aliphatic rings. The van der Waals surface area contributed by atoms with Crippen molar-refractivity contribution in [2.75, 3.05) is 7.11 Å². The van der Waals surface area contributed by atoms with Crippen LogP contribution in [0.25, 0.3) is 0 Å². The minimum atomic E-state index is -4.89. The highest BCUT2D eigenvalue weighted by Gasteiger charge is 2.50. The van der Waals surface area contributed by atoms with Crippen LogP contribution < -0.4 is 5.32 Å². The van der Waals surface area contributed by atoms with Crippen molar-refractivity contribution in [2.24, 2.45) is 0 Å². The van der Waals surface area contributed by atoms with Gasteiger partial charge < -0.3 is 10.1 Å². The van der Waals surface area contributed by atoms with Gasteiger partial charge in [0.25, 0.3) is 5.91 Å². The monoisotopic (exact) mass is 293 g/mol. The average molecular weight is 293 g/mol. The van der Waals surface area contributed by atoms with Crippen molar-refractivity contribution >= 4 is 11.9 Å². The Morgan fingerprint density at radius 3 is 2.20 bits per heavy atom. The number of hydrogen-bond donors (Lipinski definition) is 1. The first-order valence-electron chi connectivity index (χ1n) is 5.40. The Bertz CT molecular complexity index is 479. The molecule has 0 aromatic heterocycles. The second-order valence-electron chi connectivity index (χ2n) is 3.76. The molecular weight excluding hydrogens is 282 g/mol. The van der Waals surface area contributed by atoms with Crippen molar-refractivity contribution in [2.45, 2.75) is 18.4 Å². The van der Waals surface area contributed by atoms with Crippen molar-refractivity contribution in [1.29, 1.82) is 0 Å². The SMILES string of the molecule is COC(=O)C(NC(=O)C(F)(F)C(F)F)c1ccccc1. The van der Waals surface area contributed by atoms with Crippen LogP contribution >= 0.6 is 0 Å². The third-order valence-electron chi connectivity index (χ3n) is 2.42. The molecule has 0 saturated heterocycles. The predicted octanol–water partition coefficient (Wildman–Crippen LogP) is 1.92. The van der Waals surface area contributed by atoms with E-state index in [0.29, 0.717) is 0 Å². The lowest BCUT2D eigenvalue weighted by atomic mass is 10.1. The molecule has 0 bridgehead atoms. The van der Waals surface area contributed by atoms with E-state index in [1.165, 1.54) is 24.3 Å². The van der Waals surface area contributed by atoms with E-state index in [4.69, 9.17) is 0 Å². The van der Waals surface area contributed by atoms with Crippen LogP contribution in [0.1, 0.15) is 11.6 Å². The molecule has 1 N–H and O–H groups in total. The number of rotatable bonds is 5. The molecule has 0 aliphatic heterocycles. The van der Waals surface area contributed by atoms with E-state index >= 15 is 0 Å². The van der Waals surface area contributed by atoms with Gasteiger partial charge in [-0.25, -0.2) is 13.6 Å². The number of nitrogens with one attached hydrogen (secondary N) is 1. The summed E-state index contributed by atoms with van der Waals surface area (Å²) in [4.78, 5) is 22.6. The number of methoxy groups -OCH3 is 1. The Labute approximate surface area is 111 Å². The zero-order valence-electron chi connectivity index (χ0n) is 10.3. The number of amides is 1. The molecule has 0 fully saturated rings. The summed E-state index contributed by atoms with van der Waals surface area (Å²) in [7, 11) is 0.982. The molecule has 0 radical (unpaired) electrons. The van der Waals surface area contributed by atoms with Gasteiger partial charge in [-0.3, -0.25) is 4.79 Å². The van der Waals surface area contributed by atoms with Crippen molar-refractivity contribution in [3.63, 3.8) is 0 Å². The second kappa shape index (κ2) is 6.36. The molecule has 1 amide bonds. The molecule has 1 atom stereocenters. The van der Waals surface area contributed by atoms with Crippen LogP contribution in [-0.4, -0.2) is 31.3 Å². The topological polar surface area (TPSA) is 55.4 Å². The Kier molecular flexibility index (Phi) is 5.06. The van der Waals surface area contributed by atoms with Gasteiger partial charge in [-0.05, 0) is 5.56 Å². The summed E-state index contributed by atoms with van der Waals surface area (Å²) in [6.07, 6.45) is -4.17. The highest BCUT2D eigenvalue weighted by atomic mass is 19.3. The van der Waals surface area contributed by atoms with Gasteiger partial charge >= 0.3 is 18.3 Å². The van der Waals surface area contributed by atoms with Gasteiger partial charge in [0, 0.05) is 0 Å². The van der Waals surface area contributed by atoms with Crippen LogP contribution in [0.4, 0.5) is 17.6 Å². The van der Waals surface area contributed by atoms with Gasteiger partial charge in [-0.15, -0.1) is 0 Å². The van der Waals surface area contributed by atoms with Crippen molar-refractivity contribution < 1.29 is 31.9 Å². The molecule has 1 unspecified atom stereocenters. The first-order chi connectivity index (χ1) is 9.30. The number of halogens is 4. The number of carbonyl (C=O) groups excluding carboxylic acids is 2. The summed E-state index contributed by atoms with van der Waals surface area (Å²) >= 11 is 0. The van der Waals surface area contributed by atoms with Crippen LogP contribution in [0.3, 0.4) is 0 Å². The molecule has 110 valence electrons. The largest absolute Gasteiger partial charge is 0.467 e. The molecule has 1 rings (SSSR count). The number of alkyl halides is 4. The molecule has 0 aliphatic carbocycles. The standard InChI is InChI=1S/C12H11F4NO3/c1-20-9(18)8(7-5-3-2-4-6-7)17-11(19)12(15,16)10(13)14/h2-6,8,10H,1H3,(H,17,19). The Balaban J connectivity index is 2.98. The fourth-order valence-electron chi connectivity index (χ4n) is 1.37. The maximum atomic E-state index is 12.9. The summed E-state index contributed by atoms with van der Waals surface area (Å²) in [5, 5.41) is 1.56. The number of ether oxygens (including phenoxy) is 1. The third-order valence-corrected chi connectivity index (χ3v) is 2.42. The molecule has 0 saturated carbocycles. The van der Waals surface area contributed by atoms with Crippen LogP contribution in [0.2, 0.25) is 0 Å². The van der Waals surface area contributed by atoms with Gasteiger partial charge in [0.05, 0.1) is 7.11 Å². The summed E-state index contributed by atoms with van der Waals surface area (Å²) in [6.45, 7) is 0. The fourth-order valence-corrected chi connectivity index (χ4v) is 1.37. The van der Waals surface area contributed by atoms with Gasteiger partial charge in [0.1, 0.15) is 0 Å². The summed E-state index contributed by atoms with van der Waals surface area (Å²) in [5.41, 5.74) is 0.137. The molecule has 4 nitrogen and oxygen atoms in total. The molecule has 20 heavy (non-hydrogen) atoms. The van der Waals surface area contributed by atoms with E-state index in [2.05, 4.69) is 4.74 Å². The second-order valence-corrected chi connectivity index (χ2v) is 3.76. The van der Waals surface area contributed by atoms with Crippen LogP contribution in [0, 0.1) is 0 Å². The first kappa shape index (κ1) is 15.9. The lowest BCUT2D eigenvalue weighted by Crippen LogP contribution is -2.48.